The maximum atomic E-state index is 12.9. The monoisotopic (exact) mass is 305 g/mol. The van der Waals surface area contributed by atoms with Gasteiger partial charge in [-0.2, -0.15) is 26.3 Å². The summed E-state index contributed by atoms with van der Waals surface area (Å²) in [5.41, 5.74) is 0. The highest BCUT2D eigenvalue weighted by Gasteiger charge is 2.77. The number of alkyl carbamates (subject to hydrolysis) is 1. The minimum atomic E-state index is -6.62. The molecule has 1 unspecified atom stereocenters. The molecule has 12 heteroatoms. The summed E-state index contributed by atoms with van der Waals surface area (Å²) in [6.07, 6.45) is -10.8. The SMILES string of the molecule is COC(=O)NC(O)C(F)(F)C(F)(F)C(F)(F)C(F)F. The van der Waals surface area contributed by atoms with Gasteiger partial charge in [0.1, 0.15) is 0 Å². The molecule has 0 aromatic rings. The van der Waals surface area contributed by atoms with E-state index >= 15 is 0 Å². The van der Waals surface area contributed by atoms with Gasteiger partial charge in [0, 0.05) is 0 Å². The highest BCUT2D eigenvalue weighted by Crippen LogP contribution is 2.49. The molecule has 0 aliphatic carbocycles. The van der Waals surface area contributed by atoms with Crippen LogP contribution in [0.1, 0.15) is 0 Å². The second-order valence-corrected chi connectivity index (χ2v) is 3.16. The highest BCUT2D eigenvalue weighted by molar-refractivity contribution is 5.67. The van der Waals surface area contributed by atoms with Gasteiger partial charge >= 0.3 is 30.3 Å². The third-order valence-electron chi connectivity index (χ3n) is 1.89. The van der Waals surface area contributed by atoms with E-state index in [4.69, 9.17) is 5.11 Å². The van der Waals surface area contributed by atoms with Crippen LogP contribution in [-0.2, 0) is 4.74 Å². The quantitative estimate of drug-likeness (QED) is 0.602. The molecule has 0 saturated carbocycles. The number of hydrogen-bond acceptors (Lipinski definition) is 3. The molecule has 114 valence electrons. The maximum Gasteiger partial charge on any atom is 0.409 e. The molecule has 0 heterocycles. The Morgan fingerprint density at radius 2 is 1.53 bits per heavy atom. The highest BCUT2D eigenvalue weighted by atomic mass is 19.4. The van der Waals surface area contributed by atoms with Crippen molar-refractivity contribution in [3.63, 3.8) is 0 Å². The lowest BCUT2D eigenvalue weighted by Crippen LogP contribution is -2.65. The lowest BCUT2D eigenvalue weighted by Gasteiger charge is -2.34. The second kappa shape index (κ2) is 5.35. The number of methoxy groups -OCH3 is 1. The van der Waals surface area contributed by atoms with Crippen molar-refractivity contribution in [1.82, 2.24) is 5.32 Å². The molecular formula is C7H7F8NO3. The van der Waals surface area contributed by atoms with E-state index in [2.05, 4.69) is 4.74 Å². The lowest BCUT2D eigenvalue weighted by atomic mass is 10.0. The van der Waals surface area contributed by atoms with Gasteiger partial charge in [-0.05, 0) is 0 Å². The van der Waals surface area contributed by atoms with Crippen LogP contribution >= 0.6 is 0 Å². The number of rotatable bonds is 5. The predicted octanol–water partition coefficient (Wildman–Crippen LogP) is 1.83. The maximum absolute atomic E-state index is 12.9. The summed E-state index contributed by atoms with van der Waals surface area (Å²) in [5.74, 6) is -19.1. The molecule has 1 atom stereocenters. The summed E-state index contributed by atoms with van der Waals surface area (Å²) >= 11 is 0. The number of aliphatic hydroxyl groups excluding tert-OH is 1. The third-order valence-corrected chi connectivity index (χ3v) is 1.89. The Labute approximate surface area is 99.9 Å². The topological polar surface area (TPSA) is 58.6 Å². The minimum Gasteiger partial charge on any atom is -0.453 e. The van der Waals surface area contributed by atoms with Crippen LogP contribution in [0.25, 0.3) is 0 Å². The fourth-order valence-electron chi connectivity index (χ4n) is 0.792. The Morgan fingerprint density at radius 1 is 1.11 bits per heavy atom. The Bertz CT molecular complexity index is 334. The molecule has 2 N–H and O–H groups in total. The molecule has 0 fully saturated rings. The van der Waals surface area contributed by atoms with E-state index < -0.39 is 36.5 Å². The largest absolute Gasteiger partial charge is 0.453 e. The van der Waals surface area contributed by atoms with Crippen LogP contribution < -0.4 is 5.32 Å². The van der Waals surface area contributed by atoms with Crippen LogP contribution in [0.15, 0.2) is 0 Å². The molecule has 0 aliphatic heterocycles. The first-order chi connectivity index (χ1) is 8.32. The van der Waals surface area contributed by atoms with Gasteiger partial charge < -0.3 is 9.84 Å². The molecule has 0 rings (SSSR count). The van der Waals surface area contributed by atoms with Crippen LogP contribution in [0.5, 0.6) is 0 Å². The van der Waals surface area contributed by atoms with Crippen LogP contribution in [0.3, 0.4) is 0 Å². The molecular weight excluding hydrogens is 298 g/mol. The average Bonchev–Trinajstić information content (AvgIpc) is 2.27. The van der Waals surface area contributed by atoms with Gasteiger partial charge in [0.2, 0.25) is 6.23 Å². The molecule has 1 amide bonds. The number of amides is 1. The van der Waals surface area contributed by atoms with Crippen molar-refractivity contribution >= 4 is 6.09 Å². The fraction of sp³-hybridized carbons (Fsp3) is 0.857. The summed E-state index contributed by atoms with van der Waals surface area (Å²) < 4.78 is 103. The van der Waals surface area contributed by atoms with E-state index in [1.54, 1.807) is 0 Å². The summed E-state index contributed by atoms with van der Waals surface area (Å²) in [4.78, 5) is 10.4. The lowest BCUT2D eigenvalue weighted by molar-refractivity contribution is -0.357. The molecule has 0 bridgehead atoms. The van der Waals surface area contributed by atoms with Gasteiger partial charge in [-0.1, -0.05) is 0 Å². The van der Waals surface area contributed by atoms with Crippen molar-refractivity contribution in [3.8, 4) is 0 Å². The number of carbonyl (C=O) groups is 1. The first-order valence-corrected chi connectivity index (χ1v) is 4.26. The normalized spacial score (nSPS) is 15.3. The standard InChI is InChI=1S/C7H7F8NO3/c1-19-4(18)16-3(17)6(12,13)7(14,15)5(10,11)2(8)9/h2-3,17H,1H3,(H,16,18). The van der Waals surface area contributed by atoms with E-state index in [1.165, 1.54) is 0 Å². The molecule has 0 spiro atoms. The Morgan fingerprint density at radius 3 is 1.84 bits per heavy atom. The molecule has 0 radical (unpaired) electrons. The molecule has 0 aromatic carbocycles. The van der Waals surface area contributed by atoms with Crippen molar-refractivity contribution in [2.45, 2.75) is 30.4 Å². The molecule has 0 saturated heterocycles. The number of nitrogens with one attached hydrogen (secondary N) is 1. The van der Waals surface area contributed by atoms with Crippen LogP contribution in [-0.4, -0.2) is 48.7 Å². The van der Waals surface area contributed by atoms with E-state index in [1.807, 2.05) is 0 Å². The van der Waals surface area contributed by atoms with Crippen molar-refractivity contribution < 1.29 is 49.8 Å². The number of halogens is 8. The van der Waals surface area contributed by atoms with E-state index in [0.717, 1.165) is 0 Å². The summed E-state index contributed by atoms with van der Waals surface area (Å²) in [7, 11) is 0.589. The van der Waals surface area contributed by atoms with Crippen LogP contribution in [0, 0.1) is 0 Å². The minimum absolute atomic E-state index is 0.589. The summed E-state index contributed by atoms with van der Waals surface area (Å²) in [6.45, 7) is 0. The number of carbonyl (C=O) groups excluding carboxylic acids is 1. The van der Waals surface area contributed by atoms with Gasteiger partial charge in [0.15, 0.2) is 0 Å². The van der Waals surface area contributed by atoms with E-state index in [-0.39, 0.29) is 0 Å². The van der Waals surface area contributed by atoms with E-state index in [0.29, 0.717) is 12.4 Å². The number of hydrogen-bond donors (Lipinski definition) is 2. The summed E-state index contributed by atoms with van der Waals surface area (Å²) in [6, 6.07) is 0. The van der Waals surface area contributed by atoms with Crippen molar-refractivity contribution in [2.75, 3.05) is 7.11 Å². The zero-order chi connectivity index (χ0) is 15.6. The zero-order valence-corrected chi connectivity index (χ0v) is 8.94. The third kappa shape index (κ3) is 2.98. The molecule has 0 aliphatic rings. The fourth-order valence-corrected chi connectivity index (χ4v) is 0.792. The molecule has 19 heavy (non-hydrogen) atoms. The van der Waals surface area contributed by atoms with Gasteiger partial charge in [0.25, 0.3) is 0 Å². The summed E-state index contributed by atoms with van der Waals surface area (Å²) in [5, 5.41) is 9.21. The zero-order valence-electron chi connectivity index (χ0n) is 8.94. The average molecular weight is 305 g/mol. The Hall–Kier alpha value is -1.33. The molecule has 0 aromatic heterocycles. The van der Waals surface area contributed by atoms with Crippen LogP contribution in [0.4, 0.5) is 39.9 Å². The van der Waals surface area contributed by atoms with Crippen molar-refractivity contribution in [1.29, 1.82) is 0 Å². The smallest absolute Gasteiger partial charge is 0.409 e. The number of alkyl halides is 8. The Kier molecular flexibility index (Phi) is 4.97. The van der Waals surface area contributed by atoms with Crippen molar-refractivity contribution in [2.24, 2.45) is 0 Å². The van der Waals surface area contributed by atoms with E-state index in [9.17, 15) is 39.9 Å². The first kappa shape index (κ1) is 17.7. The second-order valence-electron chi connectivity index (χ2n) is 3.16. The van der Waals surface area contributed by atoms with Crippen LogP contribution in [0.2, 0.25) is 0 Å². The number of ether oxygens (including phenoxy) is 1. The predicted molar refractivity (Wildman–Crippen MR) is 42.4 cm³/mol. The van der Waals surface area contributed by atoms with Crippen molar-refractivity contribution in [3.05, 3.63) is 0 Å². The van der Waals surface area contributed by atoms with Gasteiger partial charge in [-0.3, -0.25) is 5.32 Å². The Balaban J connectivity index is 5.32. The van der Waals surface area contributed by atoms with Gasteiger partial charge in [-0.25, -0.2) is 13.6 Å². The molecule has 4 nitrogen and oxygen atoms in total. The first-order valence-electron chi connectivity index (χ1n) is 4.26. The van der Waals surface area contributed by atoms with Gasteiger partial charge in [-0.15, -0.1) is 0 Å². The number of aliphatic hydroxyl groups is 1. The van der Waals surface area contributed by atoms with Gasteiger partial charge in [0.05, 0.1) is 7.11 Å².